The second-order valence-electron chi connectivity index (χ2n) is 7.00. The van der Waals surface area contributed by atoms with Crippen LogP contribution in [0.25, 0.3) is 0 Å². The van der Waals surface area contributed by atoms with E-state index >= 15 is 0 Å². The fraction of sp³-hybridized carbons (Fsp3) is 0.429. The van der Waals surface area contributed by atoms with E-state index in [1.165, 1.54) is 4.68 Å². The fourth-order valence-electron chi connectivity index (χ4n) is 2.90. The predicted molar refractivity (Wildman–Crippen MR) is 116 cm³/mol. The summed E-state index contributed by atoms with van der Waals surface area (Å²) in [6.07, 6.45) is 6.83. The number of aryl methyl sites for hydroxylation is 1. The minimum absolute atomic E-state index is 0.182. The number of nitrogens with zero attached hydrogens (tertiary/aromatic N) is 6. The van der Waals surface area contributed by atoms with E-state index in [4.69, 9.17) is 9.57 Å². The summed E-state index contributed by atoms with van der Waals surface area (Å²) in [5.41, 5.74) is 1.36. The first-order chi connectivity index (χ1) is 15.2. The normalized spacial score (nSPS) is 16.0. The van der Waals surface area contributed by atoms with Gasteiger partial charge in [0, 0.05) is 12.6 Å². The number of benzene rings is 1. The topological polar surface area (TPSA) is 116 Å². The molecule has 10 nitrogen and oxygen atoms in total. The molecule has 1 aliphatic heterocycles. The SMILES string of the molecule is CCCCCOC(=O)NC1=NC(CO/N=C(\c2ccccc2)c2nnnn2C)CC=C1. The Morgan fingerprint density at radius 2 is 2.13 bits per heavy atom. The van der Waals surface area contributed by atoms with Crippen molar-refractivity contribution in [3.05, 3.63) is 53.9 Å². The molecule has 3 rings (SSSR count). The van der Waals surface area contributed by atoms with Gasteiger partial charge in [-0.25, -0.2) is 9.48 Å². The lowest BCUT2D eigenvalue weighted by molar-refractivity contribution is 0.130. The van der Waals surface area contributed by atoms with E-state index in [0.29, 0.717) is 30.4 Å². The number of amidine groups is 1. The van der Waals surface area contributed by atoms with Gasteiger partial charge in [-0.1, -0.05) is 61.3 Å². The van der Waals surface area contributed by atoms with Gasteiger partial charge in [-0.3, -0.25) is 10.3 Å². The summed E-state index contributed by atoms with van der Waals surface area (Å²) in [6, 6.07) is 9.37. The van der Waals surface area contributed by atoms with Crippen LogP contribution < -0.4 is 5.32 Å². The number of nitrogens with one attached hydrogen (secondary N) is 1. The van der Waals surface area contributed by atoms with Crippen molar-refractivity contribution < 1.29 is 14.4 Å². The second kappa shape index (κ2) is 11.6. The zero-order valence-corrected chi connectivity index (χ0v) is 17.8. The lowest BCUT2D eigenvalue weighted by atomic mass is 10.1. The van der Waals surface area contributed by atoms with Gasteiger partial charge in [-0.2, -0.15) is 0 Å². The molecule has 1 aromatic heterocycles. The standard InChI is InChI=1S/C21H27N7O3/c1-3-4-8-14-30-21(29)23-18-13-9-12-17(22-18)15-31-25-19(16-10-6-5-7-11-16)20-24-26-27-28(20)2/h5-7,9-11,13,17H,3-4,8,12,14-15H2,1-2H3,(H,22,23,29)/b25-19+. The van der Waals surface area contributed by atoms with Crippen LogP contribution >= 0.6 is 0 Å². The van der Waals surface area contributed by atoms with Crippen LogP contribution in [-0.4, -0.2) is 57.1 Å². The van der Waals surface area contributed by atoms with Gasteiger partial charge >= 0.3 is 6.09 Å². The van der Waals surface area contributed by atoms with Crippen molar-refractivity contribution in [3.8, 4) is 0 Å². The lowest BCUT2D eigenvalue weighted by Gasteiger charge is -2.16. The quantitative estimate of drug-likeness (QED) is 0.375. The van der Waals surface area contributed by atoms with Crippen LogP contribution in [0.2, 0.25) is 0 Å². The van der Waals surface area contributed by atoms with Gasteiger partial charge in [-0.05, 0) is 29.3 Å². The lowest BCUT2D eigenvalue weighted by Crippen LogP contribution is -2.33. The average molecular weight is 425 g/mol. The molecule has 0 spiro atoms. The van der Waals surface area contributed by atoms with Gasteiger partial charge in [0.15, 0.2) is 5.71 Å². The van der Waals surface area contributed by atoms with Gasteiger partial charge in [0.2, 0.25) is 5.82 Å². The van der Waals surface area contributed by atoms with E-state index in [1.807, 2.05) is 36.4 Å². The molecule has 10 heteroatoms. The molecule has 1 aliphatic rings. The zero-order valence-electron chi connectivity index (χ0n) is 17.8. The summed E-state index contributed by atoms with van der Waals surface area (Å²) in [4.78, 5) is 22.0. The van der Waals surface area contributed by atoms with Gasteiger partial charge in [-0.15, -0.1) is 5.10 Å². The van der Waals surface area contributed by atoms with Crippen molar-refractivity contribution in [1.82, 2.24) is 25.5 Å². The van der Waals surface area contributed by atoms with Crippen LogP contribution in [0.5, 0.6) is 0 Å². The number of tetrazole rings is 1. The Balaban J connectivity index is 1.59. The highest BCUT2D eigenvalue weighted by molar-refractivity contribution is 6.10. The third-order valence-corrected chi connectivity index (χ3v) is 4.52. The first kappa shape index (κ1) is 22.1. The van der Waals surface area contributed by atoms with Crippen LogP contribution in [0, 0.1) is 0 Å². The molecule has 31 heavy (non-hydrogen) atoms. The van der Waals surface area contributed by atoms with Gasteiger partial charge in [0.25, 0.3) is 0 Å². The minimum Gasteiger partial charge on any atom is -0.449 e. The van der Waals surface area contributed by atoms with E-state index in [0.717, 1.165) is 24.8 Å². The molecule has 0 radical (unpaired) electrons. The number of aromatic nitrogens is 4. The second-order valence-corrected chi connectivity index (χ2v) is 7.00. The number of hydrogen-bond acceptors (Lipinski definition) is 8. The molecule has 0 aliphatic carbocycles. The third kappa shape index (κ3) is 6.73. The smallest absolute Gasteiger partial charge is 0.412 e. The maximum atomic E-state index is 11.9. The number of unbranched alkanes of at least 4 members (excludes halogenated alkanes) is 2. The average Bonchev–Trinajstić information content (AvgIpc) is 3.21. The molecule has 0 fully saturated rings. The molecule has 1 unspecified atom stereocenters. The third-order valence-electron chi connectivity index (χ3n) is 4.52. The minimum atomic E-state index is -0.500. The Kier molecular flexibility index (Phi) is 8.27. The Labute approximate surface area is 181 Å². The highest BCUT2D eigenvalue weighted by Crippen LogP contribution is 2.11. The van der Waals surface area contributed by atoms with Crippen molar-refractivity contribution in [3.63, 3.8) is 0 Å². The number of ether oxygens (including phenoxy) is 1. The fourth-order valence-corrected chi connectivity index (χ4v) is 2.90. The van der Waals surface area contributed by atoms with Crippen LogP contribution in [0.3, 0.4) is 0 Å². The number of carbonyl (C=O) groups excluding carboxylic acids is 1. The molecule has 164 valence electrons. The number of oxime groups is 1. The highest BCUT2D eigenvalue weighted by Gasteiger charge is 2.17. The molecule has 1 N–H and O–H groups in total. The van der Waals surface area contributed by atoms with Crippen LogP contribution in [0.15, 0.2) is 52.6 Å². The molecule has 1 aromatic carbocycles. The van der Waals surface area contributed by atoms with Crippen LogP contribution in [0.4, 0.5) is 4.79 Å². The largest absolute Gasteiger partial charge is 0.449 e. The maximum absolute atomic E-state index is 11.9. The number of rotatable bonds is 9. The van der Waals surface area contributed by atoms with Crippen LogP contribution in [-0.2, 0) is 16.6 Å². The van der Waals surface area contributed by atoms with E-state index in [1.54, 1.807) is 13.1 Å². The van der Waals surface area contributed by atoms with E-state index < -0.39 is 6.09 Å². The van der Waals surface area contributed by atoms with E-state index in [-0.39, 0.29) is 12.6 Å². The Bertz CT molecular complexity index is 937. The van der Waals surface area contributed by atoms with E-state index in [2.05, 4.69) is 37.9 Å². The maximum Gasteiger partial charge on any atom is 0.412 e. The molecule has 2 aromatic rings. The Hall–Kier alpha value is -3.56. The van der Waals surface area contributed by atoms with Gasteiger partial charge in [0.1, 0.15) is 12.4 Å². The molecule has 1 amide bonds. The summed E-state index contributed by atoms with van der Waals surface area (Å²) < 4.78 is 6.69. The molecular weight excluding hydrogens is 398 g/mol. The monoisotopic (exact) mass is 425 g/mol. The number of carbonyl (C=O) groups is 1. The summed E-state index contributed by atoms with van der Waals surface area (Å²) in [5.74, 6) is 0.941. The highest BCUT2D eigenvalue weighted by atomic mass is 16.6. The first-order valence-corrected chi connectivity index (χ1v) is 10.3. The van der Waals surface area contributed by atoms with E-state index in [9.17, 15) is 4.79 Å². The molecule has 0 bridgehead atoms. The molecule has 0 saturated heterocycles. The Morgan fingerprint density at radius 3 is 2.87 bits per heavy atom. The summed E-state index contributed by atoms with van der Waals surface area (Å²) >= 11 is 0. The molecular formula is C21H27N7O3. The van der Waals surface area contributed by atoms with Crippen molar-refractivity contribution in [2.75, 3.05) is 13.2 Å². The Morgan fingerprint density at radius 1 is 1.29 bits per heavy atom. The van der Waals surface area contributed by atoms with Crippen molar-refractivity contribution in [2.24, 2.45) is 17.2 Å². The summed E-state index contributed by atoms with van der Waals surface area (Å²) in [5, 5.41) is 18.5. The number of dihydropyridines is 1. The van der Waals surface area contributed by atoms with Crippen molar-refractivity contribution >= 4 is 17.6 Å². The molecule has 0 saturated carbocycles. The zero-order chi connectivity index (χ0) is 21.9. The van der Waals surface area contributed by atoms with Crippen molar-refractivity contribution in [2.45, 2.75) is 38.6 Å². The molecule has 2 heterocycles. The van der Waals surface area contributed by atoms with Gasteiger partial charge in [0.05, 0.1) is 12.6 Å². The number of hydrogen-bond donors (Lipinski definition) is 1. The summed E-state index contributed by atoms with van der Waals surface area (Å²) in [7, 11) is 1.74. The van der Waals surface area contributed by atoms with Crippen LogP contribution in [0.1, 0.15) is 44.0 Å². The number of aliphatic imine (C=N–C) groups is 1. The molecule has 1 atom stereocenters. The first-order valence-electron chi connectivity index (χ1n) is 10.3. The predicted octanol–water partition coefficient (Wildman–Crippen LogP) is 2.62. The van der Waals surface area contributed by atoms with Crippen molar-refractivity contribution in [1.29, 1.82) is 0 Å². The number of amides is 1. The summed E-state index contributed by atoms with van der Waals surface area (Å²) in [6.45, 7) is 2.74. The van der Waals surface area contributed by atoms with Gasteiger partial charge < -0.3 is 9.57 Å². The number of alkyl carbamates (subject to hydrolysis) is 1.